The van der Waals surface area contributed by atoms with E-state index in [1.807, 2.05) is 0 Å². The fourth-order valence-electron chi connectivity index (χ4n) is 4.55. The first kappa shape index (κ1) is 20.6. The van der Waals surface area contributed by atoms with Gasteiger partial charge in [-0.05, 0) is 55.7 Å². The smallest absolute Gasteiger partial charge is 0.0987 e. The van der Waals surface area contributed by atoms with Gasteiger partial charge in [0.15, 0.2) is 0 Å². The van der Waals surface area contributed by atoms with E-state index in [4.69, 9.17) is 0 Å². The van der Waals surface area contributed by atoms with Crippen molar-refractivity contribution in [3.05, 3.63) is 47.3 Å². The molecule has 27 heavy (non-hydrogen) atoms. The standard InChI is InChI=1S/C23H36N2SSi/c1-5-27(6-2,7-3)23-14-13-22(26-23)19-25(20-11-9-8-10-12-20)21-15-17-24(4)18-16-21/h8-14,21H,5-7,15-19H2,1-4H3. The number of rotatable bonds is 8. The van der Waals surface area contributed by atoms with Crippen LogP contribution in [0.3, 0.4) is 0 Å². The highest BCUT2D eigenvalue weighted by Crippen LogP contribution is 2.29. The molecule has 0 unspecified atom stereocenters. The Bertz CT molecular complexity index is 679. The van der Waals surface area contributed by atoms with Crippen LogP contribution in [0.2, 0.25) is 18.1 Å². The minimum atomic E-state index is -1.26. The summed E-state index contributed by atoms with van der Waals surface area (Å²) >= 11 is 2.11. The molecule has 0 amide bonds. The van der Waals surface area contributed by atoms with Gasteiger partial charge in [0, 0.05) is 16.6 Å². The van der Waals surface area contributed by atoms with Gasteiger partial charge in [-0.25, -0.2) is 0 Å². The predicted molar refractivity (Wildman–Crippen MR) is 124 cm³/mol. The van der Waals surface area contributed by atoms with Gasteiger partial charge in [-0.2, -0.15) is 0 Å². The maximum atomic E-state index is 2.68. The van der Waals surface area contributed by atoms with Crippen molar-refractivity contribution in [1.82, 2.24) is 4.90 Å². The Balaban J connectivity index is 1.83. The Morgan fingerprint density at radius 2 is 1.59 bits per heavy atom. The van der Waals surface area contributed by atoms with Crippen molar-refractivity contribution >= 4 is 29.6 Å². The van der Waals surface area contributed by atoms with Gasteiger partial charge in [0.1, 0.15) is 0 Å². The molecule has 2 heterocycles. The number of para-hydroxylation sites is 1. The van der Waals surface area contributed by atoms with E-state index >= 15 is 0 Å². The fourth-order valence-corrected chi connectivity index (χ4v) is 10.8. The molecule has 0 N–H and O–H groups in total. The molecule has 2 nitrogen and oxygen atoms in total. The van der Waals surface area contributed by atoms with E-state index in [-0.39, 0.29) is 0 Å². The number of nitrogens with zero attached hydrogens (tertiary/aromatic N) is 2. The largest absolute Gasteiger partial charge is 0.363 e. The van der Waals surface area contributed by atoms with Gasteiger partial charge in [0.2, 0.25) is 0 Å². The Kier molecular flexibility index (Phi) is 7.18. The summed E-state index contributed by atoms with van der Waals surface area (Å²) < 4.78 is 1.72. The molecule has 0 aliphatic carbocycles. The van der Waals surface area contributed by atoms with Crippen molar-refractivity contribution in [2.24, 2.45) is 0 Å². The summed E-state index contributed by atoms with van der Waals surface area (Å²) in [5.41, 5.74) is 1.38. The molecule has 3 rings (SSSR count). The van der Waals surface area contributed by atoms with E-state index in [1.165, 1.54) is 49.8 Å². The Morgan fingerprint density at radius 1 is 0.963 bits per heavy atom. The maximum absolute atomic E-state index is 2.68. The van der Waals surface area contributed by atoms with Crippen LogP contribution in [0.4, 0.5) is 5.69 Å². The molecule has 1 aliphatic rings. The van der Waals surface area contributed by atoms with Crippen molar-refractivity contribution in [2.45, 2.75) is 64.3 Å². The first-order valence-electron chi connectivity index (χ1n) is 10.7. The van der Waals surface area contributed by atoms with Crippen LogP contribution in [0.1, 0.15) is 38.5 Å². The highest BCUT2D eigenvalue weighted by atomic mass is 32.1. The lowest BCUT2D eigenvalue weighted by Crippen LogP contribution is -2.44. The zero-order valence-electron chi connectivity index (χ0n) is 17.6. The average Bonchev–Trinajstić information content (AvgIpc) is 3.19. The lowest BCUT2D eigenvalue weighted by Gasteiger charge is -2.38. The lowest BCUT2D eigenvalue weighted by molar-refractivity contribution is 0.249. The predicted octanol–water partition coefficient (Wildman–Crippen LogP) is 5.56. The van der Waals surface area contributed by atoms with Gasteiger partial charge in [-0.3, -0.25) is 0 Å². The van der Waals surface area contributed by atoms with Crippen LogP contribution >= 0.6 is 11.3 Å². The summed E-state index contributed by atoms with van der Waals surface area (Å²) in [6.07, 6.45) is 2.53. The van der Waals surface area contributed by atoms with E-state index in [0.29, 0.717) is 6.04 Å². The molecule has 1 fully saturated rings. The van der Waals surface area contributed by atoms with Crippen molar-refractivity contribution in [1.29, 1.82) is 0 Å². The third kappa shape index (κ3) is 4.66. The van der Waals surface area contributed by atoms with Gasteiger partial charge in [-0.1, -0.05) is 63.2 Å². The molecule has 1 aromatic heterocycles. The molecule has 1 aromatic carbocycles. The van der Waals surface area contributed by atoms with Crippen molar-refractivity contribution in [3.63, 3.8) is 0 Å². The second-order valence-electron chi connectivity index (χ2n) is 8.10. The number of hydrogen-bond donors (Lipinski definition) is 0. The number of anilines is 1. The number of likely N-dealkylation sites (tertiary alicyclic amines) is 1. The molecule has 4 heteroatoms. The zero-order valence-corrected chi connectivity index (χ0v) is 19.4. The van der Waals surface area contributed by atoms with Crippen LogP contribution in [0.5, 0.6) is 0 Å². The van der Waals surface area contributed by atoms with Crippen LogP contribution in [0, 0.1) is 0 Å². The van der Waals surface area contributed by atoms with Gasteiger partial charge in [0.05, 0.1) is 14.6 Å². The Morgan fingerprint density at radius 3 is 2.19 bits per heavy atom. The molecule has 148 valence electrons. The molecule has 0 bridgehead atoms. The summed E-state index contributed by atoms with van der Waals surface area (Å²) in [4.78, 5) is 6.68. The molecule has 2 aromatic rings. The number of piperidine rings is 1. The Hall–Kier alpha value is -1.10. The minimum absolute atomic E-state index is 0.652. The van der Waals surface area contributed by atoms with Gasteiger partial charge in [-0.15, -0.1) is 11.3 Å². The second kappa shape index (κ2) is 9.40. The first-order valence-corrected chi connectivity index (χ1v) is 14.1. The van der Waals surface area contributed by atoms with Crippen molar-refractivity contribution in [2.75, 3.05) is 25.0 Å². The van der Waals surface area contributed by atoms with E-state index < -0.39 is 8.07 Å². The van der Waals surface area contributed by atoms with Crippen LogP contribution < -0.4 is 9.40 Å². The first-order chi connectivity index (χ1) is 13.1. The highest BCUT2D eigenvalue weighted by Gasteiger charge is 2.31. The summed E-state index contributed by atoms with van der Waals surface area (Å²) in [6.45, 7) is 10.7. The minimum Gasteiger partial charge on any atom is -0.363 e. The summed E-state index contributed by atoms with van der Waals surface area (Å²) in [5.74, 6) is 0. The molecular formula is C23H36N2SSi. The molecular weight excluding hydrogens is 364 g/mol. The topological polar surface area (TPSA) is 6.48 Å². The molecule has 0 atom stereocenters. The van der Waals surface area contributed by atoms with Gasteiger partial charge in [0.25, 0.3) is 0 Å². The summed E-state index contributed by atoms with van der Waals surface area (Å²) in [6, 6.07) is 20.7. The molecule has 1 saturated heterocycles. The van der Waals surface area contributed by atoms with Gasteiger partial charge < -0.3 is 9.80 Å². The fraction of sp³-hybridized carbons (Fsp3) is 0.565. The Labute approximate surface area is 171 Å². The molecule has 1 aliphatic heterocycles. The van der Waals surface area contributed by atoms with Crippen LogP contribution in [-0.2, 0) is 6.54 Å². The van der Waals surface area contributed by atoms with Crippen LogP contribution in [0.25, 0.3) is 0 Å². The van der Waals surface area contributed by atoms with Crippen LogP contribution in [-0.4, -0.2) is 39.2 Å². The molecule has 0 saturated carbocycles. The normalized spacial score (nSPS) is 16.6. The summed E-state index contributed by atoms with van der Waals surface area (Å²) in [7, 11) is 0.991. The molecule has 0 spiro atoms. The monoisotopic (exact) mass is 400 g/mol. The van der Waals surface area contributed by atoms with E-state index in [2.05, 4.69) is 91.4 Å². The number of benzene rings is 1. The van der Waals surface area contributed by atoms with E-state index in [1.54, 1.807) is 9.38 Å². The van der Waals surface area contributed by atoms with Crippen LogP contribution in [0.15, 0.2) is 42.5 Å². The summed E-state index contributed by atoms with van der Waals surface area (Å²) in [5, 5.41) is 0. The average molecular weight is 401 g/mol. The van der Waals surface area contributed by atoms with E-state index in [9.17, 15) is 0 Å². The third-order valence-electron chi connectivity index (χ3n) is 6.76. The lowest BCUT2D eigenvalue weighted by atomic mass is 10.0. The second-order valence-corrected chi connectivity index (χ2v) is 14.9. The zero-order chi connectivity index (χ0) is 19.3. The van der Waals surface area contributed by atoms with Crippen molar-refractivity contribution < 1.29 is 0 Å². The van der Waals surface area contributed by atoms with Crippen molar-refractivity contribution in [3.8, 4) is 0 Å². The van der Waals surface area contributed by atoms with E-state index in [0.717, 1.165) is 6.54 Å². The number of thiophene rings is 1. The third-order valence-corrected chi connectivity index (χ3v) is 14.5. The maximum Gasteiger partial charge on any atom is 0.0987 e. The van der Waals surface area contributed by atoms with Gasteiger partial charge >= 0.3 is 0 Å². The highest BCUT2D eigenvalue weighted by molar-refractivity contribution is 7.27. The SMILES string of the molecule is CC[Si](CC)(CC)c1ccc(CN(c2ccccc2)C2CCN(C)CC2)s1. The molecule has 0 radical (unpaired) electrons. The quantitative estimate of drug-likeness (QED) is 0.535. The number of hydrogen-bond acceptors (Lipinski definition) is 3.